The molecule has 0 aliphatic carbocycles. The van der Waals surface area contributed by atoms with E-state index in [4.69, 9.17) is 196 Å². The summed E-state index contributed by atoms with van der Waals surface area (Å²) in [5.41, 5.74) is -1.53. The van der Waals surface area contributed by atoms with Crippen LogP contribution in [0.25, 0.3) is 77.2 Å². The minimum atomic E-state index is -0.207. The Balaban J connectivity index is 1.62. The highest BCUT2D eigenvalue weighted by Crippen LogP contribution is 2.38. The molecule has 0 fully saturated rings. The number of rotatable bonds is 4. The Morgan fingerprint density at radius 2 is 0.420 bits per heavy atom. The van der Waals surface area contributed by atoms with E-state index in [1.807, 2.05) is 0 Å². The van der Waals surface area contributed by atoms with Crippen molar-refractivity contribution in [1.82, 2.24) is 9.13 Å². The van der Waals surface area contributed by atoms with E-state index in [2.05, 4.69) is 0 Å². The van der Waals surface area contributed by atoms with Gasteiger partial charge in [0, 0.05) is 44.3 Å². The first kappa shape index (κ1) is 49.7. The molecule has 9 aromatic rings. The highest BCUT2D eigenvalue weighted by molar-refractivity contribution is 6.75. The van der Waals surface area contributed by atoms with E-state index in [0.717, 1.165) is 0 Å². The van der Waals surface area contributed by atoms with Crippen LogP contribution in [0.4, 0.5) is 0 Å². The number of fused-ring (bicyclic) bond motifs is 6. The summed E-state index contributed by atoms with van der Waals surface area (Å²) in [7, 11) is 168. The zero-order valence-electron chi connectivity index (χ0n) is 36.6. The Kier molecular flexibility index (Phi) is 12.2. The van der Waals surface area contributed by atoms with E-state index in [1.165, 1.54) is 4.57 Å². The Morgan fingerprint density at radius 1 is 0.203 bits per heavy atom. The van der Waals surface area contributed by atoms with Crippen molar-refractivity contribution in [3.05, 3.63) is 18.2 Å². The van der Waals surface area contributed by atoms with E-state index in [9.17, 15) is 0 Å². The molecule has 0 saturated carbocycles. The van der Waals surface area contributed by atoms with Crippen LogP contribution in [0.15, 0.2) is 18.2 Å². The van der Waals surface area contributed by atoms with Crippen molar-refractivity contribution < 1.29 is 0 Å². The summed E-state index contributed by atoms with van der Waals surface area (Å²) in [6.07, 6.45) is 0. The van der Waals surface area contributed by atoms with Crippen molar-refractivity contribution in [3.63, 3.8) is 0 Å². The van der Waals surface area contributed by atoms with E-state index in [1.54, 1.807) is 22.8 Å². The van der Waals surface area contributed by atoms with Crippen LogP contribution in [-0.4, -0.2) is 205 Å². The molecule has 0 amide bonds. The third-order valence-electron chi connectivity index (χ3n) is 13.3. The van der Waals surface area contributed by atoms with Gasteiger partial charge in [0.25, 0.3) is 0 Å². The second-order valence-electron chi connectivity index (χ2n) is 16.7. The molecule has 50 radical (unpaired) electrons. The molecule has 9 rings (SSSR count). The van der Waals surface area contributed by atoms with Gasteiger partial charge in [-0.2, -0.15) is 0 Å². The summed E-state index contributed by atoms with van der Waals surface area (Å²) in [6.45, 7) is 0. The van der Waals surface area contributed by atoms with Gasteiger partial charge in [-0.3, -0.25) is 0 Å². The molecule has 0 saturated heterocycles. The van der Waals surface area contributed by atoms with Crippen LogP contribution in [0.3, 0.4) is 0 Å². The summed E-state index contributed by atoms with van der Waals surface area (Å²) >= 11 is 0. The van der Waals surface area contributed by atoms with Crippen molar-refractivity contribution in [3.8, 4) is 33.6 Å². The molecule has 7 aromatic carbocycles. The minimum Gasteiger partial charge on any atom is -0.312 e. The third kappa shape index (κ3) is 6.48. The number of aromatic nitrogens is 2. The Morgan fingerprint density at radius 3 is 0.725 bits per heavy atom. The molecule has 0 spiro atoms. The molecule has 0 unspecified atom stereocenters. The zero-order chi connectivity index (χ0) is 50.8. The predicted octanol–water partition coefficient (Wildman–Crippen LogP) is -18.9. The fourth-order valence-electron chi connectivity index (χ4n) is 9.55. The fourth-order valence-corrected chi connectivity index (χ4v) is 9.55. The highest BCUT2D eigenvalue weighted by Gasteiger charge is 2.31. The zero-order valence-corrected chi connectivity index (χ0v) is 36.6. The van der Waals surface area contributed by atoms with Crippen LogP contribution in [-0.2, 0) is 0 Å². The first-order valence-electron chi connectivity index (χ1n) is 20.3. The van der Waals surface area contributed by atoms with Crippen molar-refractivity contribution in [2.75, 3.05) is 0 Å². The molecule has 0 N–H and O–H groups in total. The van der Waals surface area contributed by atoms with Crippen molar-refractivity contribution in [2.24, 2.45) is 0 Å². The maximum Gasteiger partial charge on any atom is 0.117 e. The first-order chi connectivity index (χ1) is 32.3. The average molecular weight is 806 g/mol. The number of hydrogen-bond acceptors (Lipinski definition) is 0. The molecule has 0 aliphatic heterocycles. The van der Waals surface area contributed by atoms with E-state index >= 15 is 0 Å². The number of hydrogen-bond donors (Lipinski definition) is 0. The predicted molar refractivity (Wildman–Crippen MR) is 321 cm³/mol. The van der Waals surface area contributed by atoms with Crippen LogP contribution >= 0.6 is 0 Å². The Bertz CT molecular complexity index is 3680. The van der Waals surface area contributed by atoms with Gasteiger partial charge in [-0.05, 0) is 27.3 Å². The van der Waals surface area contributed by atoms with Crippen LogP contribution < -0.4 is 137 Å². The summed E-state index contributed by atoms with van der Waals surface area (Å²) in [4.78, 5) is 0. The minimum absolute atomic E-state index is 0.0344. The lowest BCUT2D eigenvalue weighted by molar-refractivity contribution is 1.19. The summed E-state index contributed by atoms with van der Waals surface area (Å²) in [5.74, 6) is 0. The normalized spacial score (nSPS) is 11.8. The first-order valence-corrected chi connectivity index (χ1v) is 20.3. The van der Waals surface area contributed by atoms with Gasteiger partial charge in [0.15, 0.2) is 0 Å². The summed E-state index contributed by atoms with van der Waals surface area (Å²) in [6, 6.07) is 4.89. The molecule has 27 heteroatoms. The summed E-state index contributed by atoms with van der Waals surface area (Å²) < 4.78 is 3.01. The van der Waals surface area contributed by atoms with Gasteiger partial charge in [-0.15, -0.1) is 65.6 Å². The van der Waals surface area contributed by atoms with Gasteiger partial charge in [0.2, 0.25) is 0 Å². The van der Waals surface area contributed by atoms with Gasteiger partial charge < -0.3 is 9.13 Å². The molecule has 0 atom stereocenters. The van der Waals surface area contributed by atoms with Crippen LogP contribution in [0.1, 0.15) is 0 Å². The lowest BCUT2D eigenvalue weighted by Gasteiger charge is -2.29. The maximum absolute atomic E-state index is 7.48. The van der Waals surface area contributed by atoms with E-state index in [0.29, 0.717) is 0 Å². The largest absolute Gasteiger partial charge is 0.312 e. The topological polar surface area (TPSA) is 9.86 Å². The quantitative estimate of drug-likeness (QED) is 0.157. The molecule has 2 heterocycles. The van der Waals surface area contributed by atoms with E-state index in [-0.39, 0.29) is 214 Å². The Labute approximate surface area is 434 Å². The summed E-state index contributed by atoms with van der Waals surface area (Å²) in [5, 5.41) is 0.540. The average Bonchev–Trinajstić information content (AvgIpc) is 3.87. The van der Waals surface area contributed by atoms with Gasteiger partial charge in [0.05, 0.1) is 5.69 Å². The van der Waals surface area contributed by atoms with Crippen molar-refractivity contribution >= 4 is 376 Å². The molecule has 0 aliphatic rings. The lowest BCUT2D eigenvalue weighted by Crippen LogP contribution is -2.55. The highest BCUT2D eigenvalue weighted by atomic mass is 15.0. The number of para-hydroxylation sites is 1. The standard InChI is InChI=1S/C42H3B25N2/c43-12-6(13(44)21(52)27(58)20(12)51)4-2-1-3-5(7-14(45)22(53)28(59)23(54)15(7)46)37(4)68-38-10(18(49)26(57)29(60)32(38)63)11-19(50)42(36(67)35(66)41(11)68)69-39-8(16(47)24(55)30(61)33(39)64)9-17(48)25(56)31(62)34(65)40(9)69/h1-3H. The van der Waals surface area contributed by atoms with Crippen molar-refractivity contribution in [2.45, 2.75) is 0 Å². The molecule has 69 heavy (non-hydrogen) atoms. The van der Waals surface area contributed by atoms with Crippen molar-refractivity contribution in [1.29, 1.82) is 0 Å². The lowest BCUT2D eigenvalue weighted by atomic mass is 9.58. The molecule has 2 aromatic heterocycles. The molecule has 256 valence electrons. The van der Waals surface area contributed by atoms with Gasteiger partial charge in [-0.25, -0.2) is 0 Å². The van der Waals surface area contributed by atoms with Gasteiger partial charge >= 0.3 is 0 Å². The van der Waals surface area contributed by atoms with Crippen LogP contribution in [0.2, 0.25) is 0 Å². The third-order valence-corrected chi connectivity index (χ3v) is 13.3. The van der Waals surface area contributed by atoms with Gasteiger partial charge in [-0.1, -0.05) is 89.2 Å². The number of benzene rings is 7. The van der Waals surface area contributed by atoms with Crippen LogP contribution in [0, 0.1) is 0 Å². The molecule has 0 bridgehead atoms. The Hall–Kier alpha value is -4.24. The van der Waals surface area contributed by atoms with E-state index < -0.39 is 0 Å². The van der Waals surface area contributed by atoms with Crippen LogP contribution in [0.5, 0.6) is 0 Å². The SMILES string of the molecule is [B]c1c([B])c([B])c(-c2cccc(-c3c([B])c([B])c([B])c([B])c3[B])c2-n2c3c([B])c([B])c([B])c([B])c3c3c([B])c(-n4c5c([B])c([B])c([B])c([B])c5c5c([B])c([B])c([B])c([B])c54)c([B])c([B])c32)c([B])c1[B]. The monoisotopic (exact) mass is 810 g/mol. The fraction of sp³-hybridized carbons (Fsp3) is 0. The maximum atomic E-state index is 7.48. The number of nitrogens with zero attached hydrogens (tertiary/aromatic N) is 2. The smallest absolute Gasteiger partial charge is 0.117 e. The second kappa shape index (κ2) is 16.9. The second-order valence-corrected chi connectivity index (χ2v) is 16.7. The van der Waals surface area contributed by atoms with Gasteiger partial charge in [0.1, 0.15) is 196 Å². The molecular weight excluding hydrogens is 803 g/mol. The molecule has 2 nitrogen and oxygen atoms in total. The molecular formula is C42H3B25N2.